The molecule has 0 saturated carbocycles. The second kappa shape index (κ2) is 7.34. The Morgan fingerprint density at radius 2 is 1.72 bits per heavy atom. The Balaban J connectivity index is 4.71. The fraction of sp³-hybridized carbons (Fsp3) is 1.00. The SMILES string of the molecule is CCCC(C)(CNC)CN(CC(F)(F)F)C(C)C. The highest BCUT2D eigenvalue weighted by atomic mass is 19.4. The smallest absolute Gasteiger partial charge is 0.319 e. The van der Waals surface area contributed by atoms with Crippen molar-refractivity contribution in [2.45, 2.75) is 52.8 Å². The van der Waals surface area contributed by atoms with Gasteiger partial charge in [0.05, 0.1) is 6.54 Å². The molecule has 0 aliphatic rings. The van der Waals surface area contributed by atoms with E-state index in [1.165, 1.54) is 4.90 Å². The third-order valence-electron chi connectivity index (χ3n) is 3.15. The first-order valence-electron chi connectivity index (χ1n) is 6.59. The van der Waals surface area contributed by atoms with Crippen LogP contribution in [-0.2, 0) is 0 Å². The van der Waals surface area contributed by atoms with Crippen LogP contribution in [0.4, 0.5) is 13.2 Å². The molecule has 1 atom stereocenters. The summed E-state index contributed by atoms with van der Waals surface area (Å²) >= 11 is 0. The summed E-state index contributed by atoms with van der Waals surface area (Å²) in [6, 6.07) is -0.0975. The number of nitrogens with one attached hydrogen (secondary N) is 1. The molecule has 0 rings (SSSR count). The Morgan fingerprint density at radius 1 is 1.17 bits per heavy atom. The van der Waals surface area contributed by atoms with Gasteiger partial charge in [-0.1, -0.05) is 20.3 Å². The van der Waals surface area contributed by atoms with E-state index in [1.807, 2.05) is 20.9 Å². The maximum Gasteiger partial charge on any atom is 0.401 e. The predicted molar refractivity (Wildman–Crippen MR) is 69.7 cm³/mol. The van der Waals surface area contributed by atoms with Crippen LogP contribution in [-0.4, -0.2) is 43.8 Å². The predicted octanol–water partition coefficient (Wildman–Crippen LogP) is 3.28. The number of halogens is 3. The number of hydrogen-bond acceptors (Lipinski definition) is 2. The molecule has 0 aromatic carbocycles. The summed E-state index contributed by atoms with van der Waals surface area (Å²) in [5.74, 6) is 0. The van der Waals surface area contributed by atoms with Crippen LogP contribution in [0.15, 0.2) is 0 Å². The van der Waals surface area contributed by atoms with Gasteiger partial charge in [0, 0.05) is 19.1 Å². The molecule has 1 unspecified atom stereocenters. The molecule has 0 aliphatic carbocycles. The van der Waals surface area contributed by atoms with Crippen molar-refractivity contribution in [2.75, 3.05) is 26.7 Å². The van der Waals surface area contributed by atoms with Crippen LogP contribution in [0.2, 0.25) is 0 Å². The highest BCUT2D eigenvalue weighted by molar-refractivity contribution is 4.82. The van der Waals surface area contributed by atoms with Gasteiger partial charge in [-0.3, -0.25) is 4.90 Å². The van der Waals surface area contributed by atoms with E-state index < -0.39 is 12.7 Å². The molecule has 0 bridgehead atoms. The topological polar surface area (TPSA) is 15.3 Å². The van der Waals surface area contributed by atoms with Gasteiger partial charge in [-0.2, -0.15) is 13.2 Å². The van der Waals surface area contributed by atoms with Gasteiger partial charge in [0.25, 0.3) is 0 Å². The molecule has 0 fully saturated rings. The lowest BCUT2D eigenvalue weighted by Crippen LogP contribution is -2.47. The minimum absolute atomic E-state index is 0.0975. The third-order valence-corrected chi connectivity index (χ3v) is 3.15. The van der Waals surface area contributed by atoms with Gasteiger partial charge in [-0.05, 0) is 32.7 Å². The monoisotopic (exact) mass is 268 g/mol. The van der Waals surface area contributed by atoms with Crippen LogP contribution < -0.4 is 5.32 Å². The van der Waals surface area contributed by atoms with E-state index in [4.69, 9.17) is 0 Å². The molecule has 18 heavy (non-hydrogen) atoms. The first-order chi connectivity index (χ1) is 8.13. The summed E-state index contributed by atoms with van der Waals surface area (Å²) in [5, 5.41) is 3.09. The quantitative estimate of drug-likeness (QED) is 0.726. The number of rotatable bonds is 8. The van der Waals surface area contributed by atoms with E-state index in [1.54, 1.807) is 0 Å². The van der Waals surface area contributed by atoms with Crippen LogP contribution >= 0.6 is 0 Å². The maximum absolute atomic E-state index is 12.6. The molecule has 0 radical (unpaired) electrons. The minimum atomic E-state index is -4.13. The summed E-state index contributed by atoms with van der Waals surface area (Å²) in [6.07, 6.45) is -2.22. The van der Waals surface area contributed by atoms with Crippen LogP contribution in [0.3, 0.4) is 0 Å². The highest BCUT2D eigenvalue weighted by Gasteiger charge is 2.35. The van der Waals surface area contributed by atoms with Crippen molar-refractivity contribution in [2.24, 2.45) is 5.41 Å². The van der Waals surface area contributed by atoms with E-state index in [2.05, 4.69) is 19.2 Å². The number of alkyl halides is 3. The van der Waals surface area contributed by atoms with Crippen LogP contribution in [0.5, 0.6) is 0 Å². The van der Waals surface area contributed by atoms with E-state index >= 15 is 0 Å². The Labute approximate surface area is 109 Å². The molecule has 2 nitrogen and oxygen atoms in total. The summed E-state index contributed by atoms with van der Waals surface area (Å²) in [4.78, 5) is 1.52. The molecular formula is C13H27F3N2. The van der Waals surface area contributed by atoms with Crippen molar-refractivity contribution in [3.63, 3.8) is 0 Å². The maximum atomic E-state index is 12.6. The fourth-order valence-corrected chi connectivity index (χ4v) is 2.40. The fourth-order valence-electron chi connectivity index (χ4n) is 2.40. The van der Waals surface area contributed by atoms with Crippen molar-refractivity contribution < 1.29 is 13.2 Å². The van der Waals surface area contributed by atoms with Gasteiger partial charge in [0.2, 0.25) is 0 Å². The minimum Gasteiger partial charge on any atom is -0.319 e. The normalized spacial score (nSPS) is 16.3. The molecule has 0 aromatic rings. The zero-order valence-corrected chi connectivity index (χ0v) is 12.2. The van der Waals surface area contributed by atoms with Crippen LogP contribution in [0.1, 0.15) is 40.5 Å². The second-order valence-electron chi connectivity index (χ2n) is 5.70. The van der Waals surface area contributed by atoms with E-state index in [9.17, 15) is 13.2 Å². The molecule has 0 aliphatic heterocycles. The number of nitrogens with zero attached hydrogens (tertiary/aromatic N) is 1. The lowest BCUT2D eigenvalue weighted by atomic mass is 9.84. The molecular weight excluding hydrogens is 241 g/mol. The van der Waals surface area contributed by atoms with Crippen LogP contribution in [0.25, 0.3) is 0 Å². The summed E-state index contributed by atoms with van der Waals surface area (Å²) < 4.78 is 37.7. The summed E-state index contributed by atoms with van der Waals surface area (Å²) in [7, 11) is 1.84. The molecule has 0 heterocycles. The standard InChI is InChI=1S/C13H27F3N2/c1-6-7-12(4,8-17-5)9-18(11(2)3)10-13(14,15)16/h11,17H,6-10H2,1-5H3. The molecule has 0 spiro atoms. The van der Waals surface area contributed by atoms with Crippen LogP contribution in [0, 0.1) is 5.41 Å². The molecule has 110 valence electrons. The molecule has 1 N–H and O–H groups in total. The van der Waals surface area contributed by atoms with Crippen molar-refractivity contribution in [1.82, 2.24) is 10.2 Å². The lowest BCUT2D eigenvalue weighted by Gasteiger charge is -2.38. The van der Waals surface area contributed by atoms with Gasteiger partial charge in [-0.25, -0.2) is 0 Å². The number of hydrogen-bond donors (Lipinski definition) is 1. The first-order valence-corrected chi connectivity index (χ1v) is 6.59. The lowest BCUT2D eigenvalue weighted by molar-refractivity contribution is -0.153. The van der Waals surface area contributed by atoms with Gasteiger partial charge < -0.3 is 5.32 Å². The van der Waals surface area contributed by atoms with Crippen molar-refractivity contribution in [3.8, 4) is 0 Å². The Bertz CT molecular complexity index is 221. The zero-order valence-electron chi connectivity index (χ0n) is 12.2. The average Bonchev–Trinajstić information content (AvgIpc) is 2.14. The second-order valence-corrected chi connectivity index (χ2v) is 5.70. The first kappa shape index (κ1) is 17.7. The molecule has 0 aromatic heterocycles. The largest absolute Gasteiger partial charge is 0.401 e. The molecule has 0 amide bonds. The highest BCUT2D eigenvalue weighted by Crippen LogP contribution is 2.27. The van der Waals surface area contributed by atoms with E-state index in [0.29, 0.717) is 6.54 Å². The zero-order chi connectivity index (χ0) is 14.4. The van der Waals surface area contributed by atoms with Crippen molar-refractivity contribution in [3.05, 3.63) is 0 Å². The van der Waals surface area contributed by atoms with Gasteiger partial charge in [0.15, 0.2) is 0 Å². The van der Waals surface area contributed by atoms with E-state index in [-0.39, 0.29) is 11.5 Å². The van der Waals surface area contributed by atoms with Crippen molar-refractivity contribution in [1.29, 1.82) is 0 Å². The average molecular weight is 268 g/mol. The summed E-state index contributed by atoms with van der Waals surface area (Å²) in [5.41, 5.74) is -0.112. The Morgan fingerprint density at radius 3 is 2.06 bits per heavy atom. The Hall–Kier alpha value is -0.290. The van der Waals surface area contributed by atoms with Gasteiger partial charge >= 0.3 is 6.18 Å². The Kier molecular flexibility index (Phi) is 7.22. The molecule has 5 heteroatoms. The van der Waals surface area contributed by atoms with E-state index in [0.717, 1.165) is 19.4 Å². The van der Waals surface area contributed by atoms with Crippen molar-refractivity contribution >= 4 is 0 Å². The van der Waals surface area contributed by atoms with Gasteiger partial charge in [0.1, 0.15) is 0 Å². The summed E-state index contributed by atoms with van der Waals surface area (Å²) in [6.45, 7) is 8.14. The molecule has 0 saturated heterocycles. The third kappa shape index (κ3) is 7.21. The van der Waals surface area contributed by atoms with Gasteiger partial charge in [-0.15, -0.1) is 0 Å².